The summed E-state index contributed by atoms with van der Waals surface area (Å²) in [4.78, 5) is 24.5. The van der Waals surface area contributed by atoms with E-state index in [1.807, 2.05) is 97.1 Å². The predicted molar refractivity (Wildman–Crippen MR) is 142 cm³/mol. The molecule has 0 aromatic heterocycles. The van der Waals surface area contributed by atoms with Crippen LogP contribution >= 0.6 is 0 Å². The molecular weight excluding hydrogens is 448 g/mol. The van der Waals surface area contributed by atoms with E-state index in [0.29, 0.717) is 18.6 Å². The van der Waals surface area contributed by atoms with Gasteiger partial charge in [-0.25, -0.2) is 0 Å². The maximum Gasteiger partial charge on any atom is 0.306 e. The van der Waals surface area contributed by atoms with Crippen molar-refractivity contribution in [1.29, 1.82) is 0 Å². The molecule has 182 valence electrons. The van der Waals surface area contributed by atoms with Gasteiger partial charge in [-0.3, -0.25) is 9.59 Å². The van der Waals surface area contributed by atoms with Crippen LogP contribution in [0.3, 0.4) is 0 Å². The second-order valence-electron chi connectivity index (χ2n) is 8.92. The zero-order chi connectivity index (χ0) is 25.2. The molecule has 4 rings (SSSR count). The Balaban J connectivity index is 1.31. The van der Waals surface area contributed by atoms with E-state index in [0.717, 1.165) is 35.3 Å². The van der Waals surface area contributed by atoms with Gasteiger partial charge in [-0.15, -0.1) is 0 Å². The Morgan fingerprint density at radius 3 is 1.83 bits per heavy atom. The predicted octanol–water partition coefficient (Wildman–Crippen LogP) is 7.23. The van der Waals surface area contributed by atoms with E-state index in [-0.39, 0.29) is 12.2 Å². The highest BCUT2D eigenvalue weighted by Gasteiger charge is 2.21. The Labute approximate surface area is 212 Å². The van der Waals surface area contributed by atoms with Crippen molar-refractivity contribution in [3.63, 3.8) is 0 Å². The molecule has 4 aromatic rings. The number of aryl methyl sites for hydroxylation is 1. The van der Waals surface area contributed by atoms with E-state index >= 15 is 0 Å². The Bertz CT molecular complexity index is 1250. The number of carboxylic acids is 1. The summed E-state index contributed by atoms with van der Waals surface area (Å²) in [7, 11) is 0. The van der Waals surface area contributed by atoms with Gasteiger partial charge in [0.1, 0.15) is 12.4 Å². The number of ether oxygens (including phenoxy) is 1. The summed E-state index contributed by atoms with van der Waals surface area (Å²) in [6, 6.07) is 35.2. The minimum atomic E-state index is -0.914. The number of aliphatic carboxylic acids is 1. The molecule has 0 radical (unpaired) electrons. The van der Waals surface area contributed by atoms with Crippen LogP contribution in [0.5, 0.6) is 5.75 Å². The molecule has 0 aliphatic rings. The average molecular weight is 479 g/mol. The highest BCUT2D eigenvalue weighted by Crippen LogP contribution is 2.25. The van der Waals surface area contributed by atoms with Gasteiger partial charge in [0, 0.05) is 12.0 Å². The van der Waals surface area contributed by atoms with E-state index in [1.165, 1.54) is 5.56 Å². The van der Waals surface area contributed by atoms with Gasteiger partial charge in [0.2, 0.25) is 0 Å². The summed E-state index contributed by atoms with van der Waals surface area (Å²) in [5.74, 6) is -0.938. The number of benzene rings is 4. The lowest BCUT2D eigenvalue weighted by Crippen LogP contribution is -2.18. The van der Waals surface area contributed by atoms with Crippen LogP contribution in [0.2, 0.25) is 0 Å². The standard InChI is InChI=1S/C32H30O4/c33-31(22-29(32(34)35)13-7-12-24-8-3-1-4-9-24)28-16-14-26(15-17-28)27-18-20-30(21-19-27)36-23-25-10-5-2-6-11-25/h1-6,8-11,14-21,29H,7,12-13,22-23H2,(H,34,35)/t29-/m1/s1. The van der Waals surface area contributed by atoms with Crippen LogP contribution in [0.1, 0.15) is 40.7 Å². The zero-order valence-electron chi connectivity index (χ0n) is 20.2. The topological polar surface area (TPSA) is 63.6 Å². The first-order chi connectivity index (χ1) is 17.6. The maximum atomic E-state index is 12.8. The Hall–Kier alpha value is -4.18. The van der Waals surface area contributed by atoms with Crippen molar-refractivity contribution in [1.82, 2.24) is 0 Å². The van der Waals surface area contributed by atoms with Crippen molar-refractivity contribution >= 4 is 11.8 Å². The first-order valence-electron chi connectivity index (χ1n) is 12.3. The first kappa shape index (κ1) is 24.9. The third-order valence-corrected chi connectivity index (χ3v) is 6.28. The maximum absolute atomic E-state index is 12.8. The van der Waals surface area contributed by atoms with Crippen molar-refractivity contribution in [3.05, 3.63) is 126 Å². The summed E-state index contributed by atoms with van der Waals surface area (Å²) in [6.07, 6.45) is 2.03. The second-order valence-corrected chi connectivity index (χ2v) is 8.92. The number of carbonyl (C=O) groups is 2. The molecule has 4 nitrogen and oxygen atoms in total. The normalized spacial score (nSPS) is 11.6. The van der Waals surface area contributed by atoms with Gasteiger partial charge in [0.25, 0.3) is 0 Å². The van der Waals surface area contributed by atoms with Crippen LogP contribution in [0, 0.1) is 5.92 Å². The highest BCUT2D eigenvalue weighted by atomic mass is 16.5. The molecule has 1 N–H and O–H groups in total. The third kappa shape index (κ3) is 7.16. The molecule has 0 unspecified atom stereocenters. The van der Waals surface area contributed by atoms with Gasteiger partial charge in [0.05, 0.1) is 5.92 Å². The van der Waals surface area contributed by atoms with E-state index in [9.17, 15) is 14.7 Å². The van der Waals surface area contributed by atoms with Crippen molar-refractivity contribution in [2.24, 2.45) is 5.92 Å². The average Bonchev–Trinajstić information content (AvgIpc) is 2.93. The van der Waals surface area contributed by atoms with E-state index in [4.69, 9.17) is 4.74 Å². The largest absolute Gasteiger partial charge is 0.489 e. The van der Waals surface area contributed by atoms with E-state index in [1.54, 1.807) is 12.1 Å². The molecule has 0 saturated heterocycles. The van der Waals surface area contributed by atoms with Gasteiger partial charge in [0.15, 0.2) is 5.78 Å². The number of hydrogen-bond acceptors (Lipinski definition) is 3. The fourth-order valence-electron chi connectivity index (χ4n) is 4.18. The lowest BCUT2D eigenvalue weighted by molar-refractivity contribution is -0.141. The molecule has 0 spiro atoms. The number of rotatable bonds is 12. The SMILES string of the molecule is O=C(C[C@@H](CCCc1ccccc1)C(=O)O)c1ccc(-c2ccc(OCc3ccccc3)cc2)cc1. The molecular formula is C32H30O4. The molecule has 0 amide bonds. The second kappa shape index (κ2) is 12.5. The van der Waals surface area contributed by atoms with E-state index in [2.05, 4.69) is 0 Å². The number of hydrogen-bond donors (Lipinski definition) is 1. The quantitative estimate of drug-likeness (QED) is 0.218. The van der Waals surface area contributed by atoms with Crippen LogP contribution in [-0.2, 0) is 17.8 Å². The van der Waals surface area contributed by atoms with Crippen LogP contribution in [-0.4, -0.2) is 16.9 Å². The van der Waals surface area contributed by atoms with Crippen molar-refractivity contribution < 1.29 is 19.4 Å². The van der Waals surface area contributed by atoms with Gasteiger partial charge >= 0.3 is 5.97 Å². The fraction of sp³-hybridized carbons (Fsp3) is 0.188. The van der Waals surface area contributed by atoms with Crippen molar-refractivity contribution in [2.45, 2.75) is 32.3 Å². The number of Topliss-reactive ketones (excluding diaryl/α,β-unsaturated/α-hetero) is 1. The molecule has 0 aliphatic carbocycles. The molecule has 36 heavy (non-hydrogen) atoms. The molecule has 4 aromatic carbocycles. The number of carboxylic acid groups (broad SMARTS) is 1. The molecule has 0 bridgehead atoms. The smallest absolute Gasteiger partial charge is 0.306 e. The molecule has 1 atom stereocenters. The molecule has 0 fully saturated rings. The molecule has 0 saturated carbocycles. The summed E-state index contributed by atoms with van der Waals surface area (Å²) in [5.41, 5.74) is 4.84. The number of carbonyl (C=O) groups excluding carboxylic acids is 1. The molecule has 0 heterocycles. The lowest BCUT2D eigenvalue weighted by atomic mass is 9.92. The van der Waals surface area contributed by atoms with Crippen LogP contribution < -0.4 is 4.74 Å². The Morgan fingerprint density at radius 1 is 0.694 bits per heavy atom. The summed E-state index contributed by atoms with van der Waals surface area (Å²) in [5, 5.41) is 9.62. The van der Waals surface area contributed by atoms with Crippen LogP contribution in [0.15, 0.2) is 109 Å². The Kier molecular flexibility index (Phi) is 8.66. The third-order valence-electron chi connectivity index (χ3n) is 6.28. The van der Waals surface area contributed by atoms with Crippen LogP contribution in [0.4, 0.5) is 0 Å². The summed E-state index contributed by atoms with van der Waals surface area (Å²) >= 11 is 0. The Morgan fingerprint density at radius 2 is 1.25 bits per heavy atom. The van der Waals surface area contributed by atoms with Crippen molar-refractivity contribution in [3.8, 4) is 16.9 Å². The number of ketones is 1. The van der Waals surface area contributed by atoms with Gasteiger partial charge in [-0.05, 0) is 53.6 Å². The lowest BCUT2D eigenvalue weighted by Gasteiger charge is -2.12. The summed E-state index contributed by atoms with van der Waals surface area (Å²) in [6.45, 7) is 0.514. The first-order valence-corrected chi connectivity index (χ1v) is 12.3. The minimum Gasteiger partial charge on any atom is -0.489 e. The van der Waals surface area contributed by atoms with Gasteiger partial charge < -0.3 is 9.84 Å². The van der Waals surface area contributed by atoms with Crippen LogP contribution in [0.25, 0.3) is 11.1 Å². The van der Waals surface area contributed by atoms with Gasteiger partial charge in [-0.2, -0.15) is 0 Å². The minimum absolute atomic E-state index is 0.0108. The molecule has 4 heteroatoms. The summed E-state index contributed by atoms with van der Waals surface area (Å²) < 4.78 is 5.85. The highest BCUT2D eigenvalue weighted by molar-refractivity contribution is 5.98. The van der Waals surface area contributed by atoms with Gasteiger partial charge in [-0.1, -0.05) is 97.1 Å². The zero-order valence-corrected chi connectivity index (χ0v) is 20.2. The fourth-order valence-corrected chi connectivity index (χ4v) is 4.18. The van der Waals surface area contributed by atoms with E-state index < -0.39 is 11.9 Å². The van der Waals surface area contributed by atoms with Crippen molar-refractivity contribution in [2.75, 3.05) is 0 Å². The monoisotopic (exact) mass is 478 g/mol. The molecule has 0 aliphatic heterocycles.